The van der Waals surface area contributed by atoms with Crippen LogP contribution in [0.25, 0.3) is 0 Å². The zero-order chi connectivity index (χ0) is 13.0. The first kappa shape index (κ1) is 13.2. The van der Waals surface area contributed by atoms with E-state index in [9.17, 15) is 5.11 Å². The van der Waals surface area contributed by atoms with Gasteiger partial charge >= 0.3 is 0 Å². The van der Waals surface area contributed by atoms with Crippen LogP contribution >= 0.6 is 0 Å². The fourth-order valence-electron chi connectivity index (χ4n) is 2.67. The molecule has 1 aromatic rings. The van der Waals surface area contributed by atoms with Crippen LogP contribution in [0.15, 0.2) is 18.2 Å². The lowest BCUT2D eigenvalue weighted by atomic mass is 9.83. The van der Waals surface area contributed by atoms with Gasteiger partial charge in [0, 0.05) is 12.1 Å². The van der Waals surface area contributed by atoms with Crippen molar-refractivity contribution in [2.45, 2.75) is 51.1 Å². The molecule has 1 aliphatic rings. The maximum absolute atomic E-state index is 9.74. The van der Waals surface area contributed by atoms with Gasteiger partial charge in [-0.05, 0) is 37.5 Å². The molecule has 0 bridgehead atoms. The van der Waals surface area contributed by atoms with Gasteiger partial charge in [0.05, 0.1) is 7.11 Å². The van der Waals surface area contributed by atoms with Gasteiger partial charge in [-0.25, -0.2) is 0 Å². The summed E-state index contributed by atoms with van der Waals surface area (Å²) < 4.78 is 5.04. The zero-order valence-electron chi connectivity index (χ0n) is 11.3. The van der Waals surface area contributed by atoms with Gasteiger partial charge in [-0.1, -0.05) is 25.3 Å². The zero-order valence-corrected chi connectivity index (χ0v) is 11.3. The maximum Gasteiger partial charge on any atom is 0.160 e. The summed E-state index contributed by atoms with van der Waals surface area (Å²) in [6.45, 7) is 3.10. The Morgan fingerprint density at radius 3 is 2.61 bits per heavy atom. The summed E-state index contributed by atoms with van der Waals surface area (Å²) in [4.78, 5) is 0. The molecule has 2 N–H and O–H groups in total. The van der Waals surface area contributed by atoms with E-state index in [0.717, 1.165) is 12.1 Å². The van der Waals surface area contributed by atoms with Gasteiger partial charge in [-0.3, -0.25) is 0 Å². The third-order valence-corrected chi connectivity index (χ3v) is 3.92. The summed E-state index contributed by atoms with van der Waals surface area (Å²) in [6, 6.07) is 5.59. The molecule has 0 saturated heterocycles. The standard InChI is InChI=1S/C15H23NO2/c1-15(8-4-3-5-9-15)16-11-12-6-7-14(18-2)13(17)10-12/h6-7,10,16-17H,3-5,8-9,11H2,1-2H3. The predicted octanol–water partition coefficient (Wildman–Crippen LogP) is 3.21. The first-order valence-electron chi connectivity index (χ1n) is 6.74. The number of phenolic OH excluding ortho intramolecular Hbond substituents is 1. The van der Waals surface area contributed by atoms with E-state index in [4.69, 9.17) is 4.74 Å². The largest absolute Gasteiger partial charge is 0.504 e. The highest BCUT2D eigenvalue weighted by Crippen LogP contribution is 2.29. The third kappa shape index (κ3) is 3.16. The molecule has 2 rings (SSSR count). The molecule has 0 atom stereocenters. The Labute approximate surface area is 109 Å². The van der Waals surface area contributed by atoms with E-state index in [1.807, 2.05) is 12.1 Å². The van der Waals surface area contributed by atoms with Crippen LogP contribution in [0.4, 0.5) is 0 Å². The van der Waals surface area contributed by atoms with Crippen molar-refractivity contribution in [2.24, 2.45) is 0 Å². The second kappa shape index (κ2) is 5.61. The summed E-state index contributed by atoms with van der Waals surface area (Å²) in [7, 11) is 1.57. The van der Waals surface area contributed by atoms with Crippen LogP contribution in [0, 0.1) is 0 Å². The van der Waals surface area contributed by atoms with E-state index < -0.39 is 0 Å². The van der Waals surface area contributed by atoms with Crippen LogP contribution in [0.3, 0.4) is 0 Å². The molecule has 1 fully saturated rings. The smallest absolute Gasteiger partial charge is 0.160 e. The highest BCUT2D eigenvalue weighted by atomic mass is 16.5. The van der Waals surface area contributed by atoms with Gasteiger partial charge in [0.2, 0.25) is 0 Å². The lowest BCUT2D eigenvalue weighted by molar-refractivity contribution is 0.252. The topological polar surface area (TPSA) is 41.5 Å². The summed E-state index contributed by atoms with van der Waals surface area (Å²) >= 11 is 0. The fourth-order valence-corrected chi connectivity index (χ4v) is 2.67. The SMILES string of the molecule is COc1ccc(CNC2(C)CCCCC2)cc1O. The summed E-state index contributed by atoms with van der Waals surface area (Å²) in [5.41, 5.74) is 1.36. The lowest BCUT2D eigenvalue weighted by Crippen LogP contribution is -2.43. The molecule has 1 aromatic carbocycles. The monoisotopic (exact) mass is 249 g/mol. The Hall–Kier alpha value is -1.22. The van der Waals surface area contributed by atoms with Gasteiger partial charge in [-0.15, -0.1) is 0 Å². The van der Waals surface area contributed by atoms with Crippen LogP contribution in [-0.2, 0) is 6.54 Å². The predicted molar refractivity (Wildman–Crippen MR) is 73.0 cm³/mol. The number of methoxy groups -OCH3 is 1. The van der Waals surface area contributed by atoms with Crippen molar-refractivity contribution >= 4 is 0 Å². The van der Waals surface area contributed by atoms with E-state index in [0.29, 0.717) is 5.75 Å². The maximum atomic E-state index is 9.74. The average molecular weight is 249 g/mol. The van der Waals surface area contributed by atoms with Gasteiger partial charge < -0.3 is 15.2 Å². The number of nitrogens with one attached hydrogen (secondary N) is 1. The van der Waals surface area contributed by atoms with Crippen molar-refractivity contribution in [3.8, 4) is 11.5 Å². The second-order valence-electron chi connectivity index (χ2n) is 5.48. The Morgan fingerprint density at radius 1 is 1.28 bits per heavy atom. The minimum atomic E-state index is 0.214. The van der Waals surface area contributed by atoms with E-state index in [1.165, 1.54) is 32.1 Å². The molecule has 0 radical (unpaired) electrons. The quantitative estimate of drug-likeness (QED) is 0.861. The van der Waals surface area contributed by atoms with Crippen LogP contribution in [0.2, 0.25) is 0 Å². The molecule has 1 aliphatic carbocycles. The number of hydrogen-bond donors (Lipinski definition) is 2. The Bertz CT molecular complexity index is 397. The number of aromatic hydroxyl groups is 1. The molecule has 3 nitrogen and oxygen atoms in total. The van der Waals surface area contributed by atoms with Gasteiger partial charge in [0.1, 0.15) is 0 Å². The van der Waals surface area contributed by atoms with Crippen LogP contribution in [0.1, 0.15) is 44.6 Å². The average Bonchev–Trinajstić information content (AvgIpc) is 2.38. The molecule has 1 saturated carbocycles. The molecule has 3 heteroatoms. The molecular weight excluding hydrogens is 226 g/mol. The lowest BCUT2D eigenvalue weighted by Gasteiger charge is -2.34. The highest BCUT2D eigenvalue weighted by Gasteiger charge is 2.25. The minimum absolute atomic E-state index is 0.214. The second-order valence-corrected chi connectivity index (χ2v) is 5.48. The number of benzene rings is 1. The number of phenols is 1. The third-order valence-electron chi connectivity index (χ3n) is 3.92. The van der Waals surface area contributed by atoms with Gasteiger partial charge in [0.25, 0.3) is 0 Å². The van der Waals surface area contributed by atoms with Crippen molar-refractivity contribution in [2.75, 3.05) is 7.11 Å². The van der Waals surface area contributed by atoms with Crippen LogP contribution < -0.4 is 10.1 Å². The summed E-state index contributed by atoms with van der Waals surface area (Å²) in [6.07, 6.45) is 6.49. The van der Waals surface area contributed by atoms with Crippen LogP contribution in [-0.4, -0.2) is 17.8 Å². The molecule has 0 unspecified atom stereocenters. The molecule has 0 amide bonds. The van der Waals surface area contributed by atoms with E-state index in [1.54, 1.807) is 13.2 Å². The number of hydrogen-bond acceptors (Lipinski definition) is 3. The molecule has 0 spiro atoms. The molecule has 0 heterocycles. The first-order valence-corrected chi connectivity index (χ1v) is 6.74. The normalized spacial score (nSPS) is 18.6. The molecule has 100 valence electrons. The van der Waals surface area contributed by atoms with E-state index in [-0.39, 0.29) is 11.3 Å². The van der Waals surface area contributed by atoms with Crippen molar-refractivity contribution in [3.05, 3.63) is 23.8 Å². The van der Waals surface area contributed by atoms with Crippen molar-refractivity contribution in [1.29, 1.82) is 0 Å². The fraction of sp³-hybridized carbons (Fsp3) is 0.600. The van der Waals surface area contributed by atoms with E-state index >= 15 is 0 Å². The number of ether oxygens (including phenoxy) is 1. The van der Waals surface area contributed by atoms with Crippen molar-refractivity contribution in [1.82, 2.24) is 5.32 Å². The molecule has 0 aromatic heterocycles. The Balaban J connectivity index is 1.95. The Kier molecular flexibility index (Phi) is 4.12. The number of rotatable bonds is 4. The minimum Gasteiger partial charge on any atom is -0.504 e. The van der Waals surface area contributed by atoms with Crippen LogP contribution in [0.5, 0.6) is 11.5 Å². The van der Waals surface area contributed by atoms with E-state index in [2.05, 4.69) is 12.2 Å². The summed E-state index contributed by atoms with van der Waals surface area (Å²) in [5, 5.41) is 13.4. The van der Waals surface area contributed by atoms with Crippen molar-refractivity contribution in [3.63, 3.8) is 0 Å². The Morgan fingerprint density at radius 2 is 2.00 bits per heavy atom. The van der Waals surface area contributed by atoms with Gasteiger partial charge in [-0.2, -0.15) is 0 Å². The summed E-state index contributed by atoms with van der Waals surface area (Å²) in [5.74, 6) is 0.744. The first-order chi connectivity index (χ1) is 8.63. The molecule has 18 heavy (non-hydrogen) atoms. The molecule has 0 aliphatic heterocycles. The van der Waals surface area contributed by atoms with Crippen molar-refractivity contribution < 1.29 is 9.84 Å². The van der Waals surface area contributed by atoms with Gasteiger partial charge in [0.15, 0.2) is 11.5 Å². The highest BCUT2D eigenvalue weighted by molar-refractivity contribution is 5.41. The molecular formula is C15H23NO2.